The van der Waals surface area contributed by atoms with Crippen LogP contribution >= 0.6 is 0 Å². The Hall–Kier alpha value is -2.50. The van der Waals surface area contributed by atoms with E-state index < -0.39 is 23.0 Å². The molecule has 2 aromatic rings. The van der Waals surface area contributed by atoms with E-state index in [1.54, 1.807) is 6.07 Å². The maximum atomic E-state index is 14.8. The van der Waals surface area contributed by atoms with Crippen molar-refractivity contribution in [2.75, 3.05) is 7.11 Å². The molecule has 0 aliphatic carbocycles. The van der Waals surface area contributed by atoms with Gasteiger partial charge in [-0.05, 0) is 31.9 Å². The predicted octanol–water partition coefficient (Wildman–Crippen LogP) is 4.19. The molecule has 1 heterocycles. The minimum Gasteiger partial charge on any atom is -0.496 e. The number of halogens is 1. The second kappa shape index (κ2) is 6.78. The Kier molecular flexibility index (Phi) is 5.11. The highest BCUT2D eigenvalue weighted by molar-refractivity contribution is 5.99. The summed E-state index contributed by atoms with van der Waals surface area (Å²) >= 11 is 0. The summed E-state index contributed by atoms with van der Waals surface area (Å²) < 4.78 is 20.1. The third-order valence-corrected chi connectivity index (χ3v) is 4.20. The molecule has 0 radical (unpaired) electrons. The maximum absolute atomic E-state index is 14.8. The van der Waals surface area contributed by atoms with Crippen molar-refractivity contribution in [1.82, 2.24) is 4.98 Å². The van der Waals surface area contributed by atoms with E-state index in [1.165, 1.54) is 33.1 Å². The number of pyridine rings is 1. The SMILES string of the molecule is COc1cc2nc(C(=O)CC(C)(C)C(=O)O)ccc2c(F)c1C(C)C. The van der Waals surface area contributed by atoms with Crippen LogP contribution in [-0.2, 0) is 4.79 Å². The van der Waals surface area contributed by atoms with Crippen molar-refractivity contribution in [2.24, 2.45) is 5.41 Å². The fourth-order valence-electron chi connectivity index (χ4n) is 2.66. The molecule has 1 aromatic heterocycles. The molecular formula is C19H22FNO4. The monoisotopic (exact) mass is 347 g/mol. The molecule has 25 heavy (non-hydrogen) atoms. The van der Waals surface area contributed by atoms with E-state index in [9.17, 15) is 14.0 Å². The van der Waals surface area contributed by atoms with E-state index >= 15 is 0 Å². The summed E-state index contributed by atoms with van der Waals surface area (Å²) in [6.45, 7) is 6.69. The van der Waals surface area contributed by atoms with Crippen LogP contribution in [0.5, 0.6) is 5.75 Å². The lowest BCUT2D eigenvalue weighted by Crippen LogP contribution is -2.27. The molecule has 1 N–H and O–H groups in total. The van der Waals surface area contributed by atoms with Gasteiger partial charge in [0.25, 0.3) is 0 Å². The van der Waals surface area contributed by atoms with Crippen LogP contribution in [0.15, 0.2) is 18.2 Å². The Morgan fingerprint density at radius 1 is 1.32 bits per heavy atom. The Labute approximate surface area is 145 Å². The van der Waals surface area contributed by atoms with Crippen molar-refractivity contribution >= 4 is 22.7 Å². The van der Waals surface area contributed by atoms with Gasteiger partial charge in [0.05, 0.1) is 18.0 Å². The summed E-state index contributed by atoms with van der Waals surface area (Å²) in [5, 5.41) is 9.46. The number of carbonyl (C=O) groups is 2. The fourth-order valence-corrected chi connectivity index (χ4v) is 2.66. The van der Waals surface area contributed by atoms with E-state index in [-0.39, 0.29) is 18.0 Å². The van der Waals surface area contributed by atoms with Gasteiger partial charge in [-0.1, -0.05) is 13.8 Å². The number of aromatic nitrogens is 1. The van der Waals surface area contributed by atoms with Crippen LogP contribution in [0.4, 0.5) is 4.39 Å². The number of ketones is 1. The van der Waals surface area contributed by atoms with Gasteiger partial charge in [0.2, 0.25) is 0 Å². The van der Waals surface area contributed by atoms with Crippen molar-refractivity contribution in [3.63, 3.8) is 0 Å². The molecule has 0 spiro atoms. The first kappa shape index (κ1) is 18.8. The standard InChI is InChI=1S/C19H22FNO4/c1-10(2)16-15(25-5)8-13-11(17(16)20)6-7-12(21-13)14(22)9-19(3,4)18(23)24/h6-8,10H,9H2,1-5H3,(H,23,24). The third-order valence-electron chi connectivity index (χ3n) is 4.20. The second-order valence-electron chi connectivity index (χ2n) is 7.01. The van der Waals surface area contributed by atoms with Gasteiger partial charge in [0.1, 0.15) is 17.3 Å². The Balaban J connectivity index is 2.51. The number of hydrogen-bond donors (Lipinski definition) is 1. The molecule has 0 fully saturated rings. The smallest absolute Gasteiger partial charge is 0.309 e. The van der Waals surface area contributed by atoms with Crippen LogP contribution in [0.25, 0.3) is 10.9 Å². The summed E-state index contributed by atoms with van der Waals surface area (Å²) in [5.74, 6) is -1.57. The molecule has 0 saturated heterocycles. The molecule has 0 aliphatic rings. The van der Waals surface area contributed by atoms with Crippen molar-refractivity contribution in [1.29, 1.82) is 0 Å². The molecule has 0 atom stereocenters. The average Bonchev–Trinajstić information content (AvgIpc) is 2.52. The molecule has 0 unspecified atom stereocenters. The number of aliphatic carboxylic acids is 1. The van der Waals surface area contributed by atoms with Gasteiger partial charge in [-0.3, -0.25) is 9.59 Å². The lowest BCUT2D eigenvalue weighted by atomic mass is 9.86. The third kappa shape index (κ3) is 3.62. The van der Waals surface area contributed by atoms with Crippen LogP contribution in [0, 0.1) is 11.2 Å². The van der Waals surface area contributed by atoms with Gasteiger partial charge in [-0.2, -0.15) is 0 Å². The average molecular weight is 347 g/mol. The quantitative estimate of drug-likeness (QED) is 0.793. The predicted molar refractivity (Wildman–Crippen MR) is 92.7 cm³/mol. The number of benzene rings is 1. The summed E-state index contributed by atoms with van der Waals surface area (Å²) in [6.07, 6.45) is -0.190. The zero-order valence-corrected chi connectivity index (χ0v) is 15.0. The number of carboxylic acid groups (broad SMARTS) is 1. The number of ether oxygens (including phenoxy) is 1. The Bertz CT molecular complexity index is 843. The fraction of sp³-hybridized carbons (Fsp3) is 0.421. The summed E-state index contributed by atoms with van der Waals surface area (Å²) in [6, 6.07) is 4.54. The van der Waals surface area contributed by atoms with Crippen LogP contribution in [-0.4, -0.2) is 29.0 Å². The zero-order valence-electron chi connectivity index (χ0n) is 15.0. The highest BCUT2D eigenvalue weighted by Gasteiger charge is 2.31. The second-order valence-corrected chi connectivity index (χ2v) is 7.01. The summed E-state index contributed by atoms with van der Waals surface area (Å²) in [7, 11) is 1.46. The first-order valence-electron chi connectivity index (χ1n) is 8.02. The number of methoxy groups -OCH3 is 1. The number of fused-ring (bicyclic) bond motifs is 1. The molecule has 0 aliphatic heterocycles. The minimum absolute atomic E-state index is 0.0722. The molecule has 2 rings (SSSR count). The largest absolute Gasteiger partial charge is 0.496 e. The first-order chi connectivity index (χ1) is 11.6. The van der Waals surface area contributed by atoms with Crippen LogP contribution in [0.2, 0.25) is 0 Å². The van der Waals surface area contributed by atoms with E-state index in [4.69, 9.17) is 9.84 Å². The summed E-state index contributed by atoms with van der Waals surface area (Å²) in [5.41, 5.74) is -0.320. The highest BCUT2D eigenvalue weighted by Crippen LogP contribution is 2.34. The lowest BCUT2D eigenvalue weighted by Gasteiger charge is -2.18. The summed E-state index contributed by atoms with van der Waals surface area (Å²) in [4.78, 5) is 27.8. The van der Waals surface area contributed by atoms with E-state index in [2.05, 4.69) is 4.98 Å². The number of hydrogen-bond acceptors (Lipinski definition) is 4. The number of carbonyl (C=O) groups excluding carboxylic acids is 1. The van der Waals surface area contributed by atoms with E-state index in [0.29, 0.717) is 22.2 Å². The molecular weight excluding hydrogens is 325 g/mol. The van der Waals surface area contributed by atoms with Crippen LogP contribution in [0.3, 0.4) is 0 Å². The molecule has 0 bridgehead atoms. The molecule has 5 nitrogen and oxygen atoms in total. The van der Waals surface area contributed by atoms with Gasteiger partial charge in [0.15, 0.2) is 5.78 Å². The van der Waals surface area contributed by atoms with Gasteiger partial charge in [-0.25, -0.2) is 9.37 Å². The van der Waals surface area contributed by atoms with Crippen molar-refractivity contribution in [3.8, 4) is 5.75 Å². The van der Waals surface area contributed by atoms with Crippen LogP contribution in [0.1, 0.15) is 56.1 Å². The number of nitrogens with zero attached hydrogens (tertiary/aromatic N) is 1. The van der Waals surface area contributed by atoms with Crippen molar-refractivity contribution in [2.45, 2.75) is 40.0 Å². The first-order valence-corrected chi connectivity index (χ1v) is 8.02. The number of rotatable bonds is 6. The Morgan fingerprint density at radius 3 is 2.48 bits per heavy atom. The van der Waals surface area contributed by atoms with Gasteiger partial charge >= 0.3 is 5.97 Å². The Morgan fingerprint density at radius 2 is 1.96 bits per heavy atom. The molecule has 134 valence electrons. The van der Waals surface area contributed by atoms with Gasteiger partial charge < -0.3 is 9.84 Å². The van der Waals surface area contributed by atoms with Gasteiger partial charge in [-0.15, -0.1) is 0 Å². The number of carboxylic acids is 1. The number of Topliss-reactive ketones (excluding diaryl/α,β-unsaturated/α-hetero) is 1. The maximum Gasteiger partial charge on any atom is 0.309 e. The van der Waals surface area contributed by atoms with Crippen LogP contribution < -0.4 is 4.74 Å². The molecule has 0 amide bonds. The molecule has 1 aromatic carbocycles. The molecule has 6 heteroatoms. The lowest BCUT2D eigenvalue weighted by molar-refractivity contribution is -0.146. The minimum atomic E-state index is -1.20. The topological polar surface area (TPSA) is 76.5 Å². The zero-order chi connectivity index (χ0) is 18.9. The van der Waals surface area contributed by atoms with Crippen molar-refractivity contribution < 1.29 is 23.8 Å². The van der Waals surface area contributed by atoms with E-state index in [1.807, 2.05) is 13.8 Å². The van der Waals surface area contributed by atoms with Gasteiger partial charge in [0, 0.05) is 23.4 Å². The highest BCUT2D eigenvalue weighted by atomic mass is 19.1. The normalized spacial score (nSPS) is 11.8. The van der Waals surface area contributed by atoms with Crippen molar-refractivity contribution in [3.05, 3.63) is 35.3 Å². The molecule has 0 saturated carbocycles. The van der Waals surface area contributed by atoms with E-state index in [0.717, 1.165) is 0 Å².